The maximum absolute atomic E-state index is 3.81. The standard InChI is InChI=1S/C18H22BrNS/c1-2-20-17(14-9-11-6-7-12(14)8-11)15-10-21-18-13(15)4-3-5-16(18)19/h3-5,10-12,14,17,20H,2,6-9H2,1H3. The maximum atomic E-state index is 3.81. The van der Waals surface area contributed by atoms with Gasteiger partial charge in [-0.1, -0.05) is 25.5 Å². The van der Waals surface area contributed by atoms with Gasteiger partial charge >= 0.3 is 0 Å². The van der Waals surface area contributed by atoms with Gasteiger partial charge in [0.15, 0.2) is 0 Å². The van der Waals surface area contributed by atoms with Crippen molar-refractivity contribution in [2.24, 2.45) is 17.8 Å². The molecule has 1 nitrogen and oxygen atoms in total. The highest BCUT2D eigenvalue weighted by Gasteiger charge is 2.43. The van der Waals surface area contributed by atoms with Gasteiger partial charge in [0.25, 0.3) is 0 Å². The van der Waals surface area contributed by atoms with Crippen LogP contribution in [-0.2, 0) is 0 Å². The summed E-state index contributed by atoms with van der Waals surface area (Å²) in [4.78, 5) is 0. The van der Waals surface area contributed by atoms with E-state index in [0.29, 0.717) is 6.04 Å². The number of rotatable bonds is 4. The molecule has 1 heterocycles. The lowest BCUT2D eigenvalue weighted by Crippen LogP contribution is -2.31. The average Bonchev–Trinajstić information content (AvgIpc) is 3.20. The molecule has 2 aliphatic carbocycles. The zero-order valence-corrected chi connectivity index (χ0v) is 14.8. The highest BCUT2D eigenvalue weighted by atomic mass is 79.9. The minimum atomic E-state index is 0.549. The van der Waals surface area contributed by atoms with Crippen molar-refractivity contribution >= 4 is 37.4 Å². The van der Waals surface area contributed by atoms with Gasteiger partial charge in [-0.15, -0.1) is 11.3 Å². The highest BCUT2D eigenvalue weighted by molar-refractivity contribution is 9.10. The van der Waals surface area contributed by atoms with Crippen molar-refractivity contribution in [1.29, 1.82) is 0 Å². The second-order valence-corrected chi connectivity index (χ2v) is 8.42. The third-order valence-corrected chi connectivity index (χ3v) is 7.53. The summed E-state index contributed by atoms with van der Waals surface area (Å²) in [7, 11) is 0. The minimum Gasteiger partial charge on any atom is -0.310 e. The third-order valence-electron chi connectivity index (χ3n) is 5.56. The Hall–Kier alpha value is -0.380. The van der Waals surface area contributed by atoms with Gasteiger partial charge in [-0.2, -0.15) is 0 Å². The summed E-state index contributed by atoms with van der Waals surface area (Å²) >= 11 is 5.59. The Balaban J connectivity index is 1.74. The number of hydrogen-bond donors (Lipinski definition) is 1. The number of thiophene rings is 1. The Morgan fingerprint density at radius 3 is 2.95 bits per heavy atom. The molecule has 21 heavy (non-hydrogen) atoms. The van der Waals surface area contributed by atoms with Crippen LogP contribution in [0, 0.1) is 17.8 Å². The first-order valence-corrected chi connectivity index (χ1v) is 9.84. The number of halogens is 1. The molecule has 0 radical (unpaired) electrons. The first-order chi connectivity index (χ1) is 10.3. The van der Waals surface area contributed by atoms with Gasteiger partial charge in [0, 0.05) is 15.2 Å². The summed E-state index contributed by atoms with van der Waals surface area (Å²) in [5.41, 5.74) is 1.54. The molecule has 0 spiro atoms. The third kappa shape index (κ3) is 2.38. The van der Waals surface area contributed by atoms with Gasteiger partial charge in [-0.05, 0) is 81.9 Å². The van der Waals surface area contributed by atoms with Crippen LogP contribution in [0.4, 0.5) is 0 Å². The Labute approximate surface area is 139 Å². The molecule has 2 fully saturated rings. The van der Waals surface area contributed by atoms with E-state index in [4.69, 9.17) is 0 Å². The van der Waals surface area contributed by atoms with Crippen LogP contribution in [0.5, 0.6) is 0 Å². The van der Waals surface area contributed by atoms with E-state index in [2.05, 4.69) is 51.7 Å². The lowest BCUT2D eigenvalue weighted by Gasteiger charge is -2.31. The van der Waals surface area contributed by atoms with E-state index in [9.17, 15) is 0 Å². The van der Waals surface area contributed by atoms with Crippen LogP contribution >= 0.6 is 27.3 Å². The quantitative estimate of drug-likeness (QED) is 0.728. The molecule has 0 aliphatic heterocycles. The predicted octanol–water partition coefficient (Wildman–Crippen LogP) is 5.75. The van der Waals surface area contributed by atoms with Crippen LogP contribution in [0.1, 0.15) is 44.2 Å². The zero-order chi connectivity index (χ0) is 14.4. The topological polar surface area (TPSA) is 12.0 Å². The molecule has 0 saturated heterocycles. The van der Waals surface area contributed by atoms with Crippen molar-refractivity contribution in [3.63, 3.8) is 0 Å². The summed E-state index contributed by atoms with van der Waals surface area (Å²) in [5, 5.41) is 7.66. The van der Waals surface area contributed by atoms with E-state index in [0.717, 1.165) is 24.3 Å². The smallest absolute Gasteiger partial charge is 0.0488 e. The van der Waals surface area contributed by atoms with Gasteiger partial charge in [0.1, 0.15) is 0 Å². The minimum absolute atomic E-state index is 0.549. The van der Waals surface area contributed by atoms with E-state index in [1.54, 1.807) is 0 Å². The zero-order valence-electron chi connectivity index (χ0n) is 12.4. The molecule has 112 valence electrons. The molecule has 1 aromatic heterocycles. The number of fused-ring (bicyclic) bond motifs is 3. The first kappa shape index (κ1) is 14.2. The van der Waals surface area contributed by atoms with E-state index < -0.39 is 0 Å². The largest absolute Gasteiger partial charge is 0.310 e. The molecule has 2 saturated carbocycles. The van der Waals surface area contributed by atoms with Gasteiger partial charge in [-0.3, -0.25) is 0 Å². The lowest BCUT2D eigenvalue weighted by molar-refractivity contribution is 0.254. The van der Waals surface area contributed by atoms with E-state index in [1.807, 2.05) is 11.3 Å². The fraction of sp³-hybridized carbons (Fsp3) is 0.556. The van der Waals surface area contributed by atoms with E-state index in [-0.39, 0.29) is 0 Å². The van der Waals surface area contributed by atoms with Crippen molar-refractivity contribution < 1.29 is 0 Å². The summed E-state index contributed by atoms with van der Waals surface area (Å²) in [5.74, 6) is 2.82. The van der Waals surface area contributed by atoms with Crippen molar-refractivity contribution in [2.75, 3.05) is 6.54 Å². The van der Waals surface area contributed by atoms with Crippen LogP contribution in [0.25, 0.3) is 10.1 Å². The van der Waals surface area contributed by atoms with Gasteiger partial charge in [0.05, 0.1) is 0 Å². The molecular weight excluding hydrogens is 342 g/mol. The molecule has 0 amide bonds. The predicted molar refractivity (Wildman–Crippen MR) is 94.9 cm³/mol. The highest BCUT2D eigenvalue weighted by Crippen LogP contribution is 2.53. The Bertz CT molecular complexity index is 650. The van der Waals surface area contributed by atoms with Crippen molar-refractivity contribution in [2.45, 2.75) is 38.6 Å². The Kier molecular flexibility index (Phi) is 3.85. The van der Waals surface area contributed by atoms with Crippen LogP contribution in [0.3, 0.4) is 0 Å². The summed E-state index contributed by atoms with van der Waals surface area (Å²) in [6.07, 6.45) is 5.87. The second kappa shape index (κ2) is 5.68. The van der Waals surface area contributed by atoms with E-state index >= 15 is 0 Å². The van der Waals surface area contributed by atoms with E-state index in [1.165, 1.54) is 45.8 Å². The monoisotopic (exact) mass is 363 g/mol. The molecule has 4 unspecified atom stereocenters. The molecule has 3 heteroatoms. The number of nitrogens with one attached hydrogen (secondary N) is 1. The lowest BCUT2D eigenvalue weighted by atomic mass is 9.80. The molecule has 4 rings (SSSR count). The second-order valence-electron chi connectivity index (χ2n) is 6.68. The van der Waals surface area contributed by atoms with Crippen LogP contribution in [0.2, 0.25) is 0 Å². The summed E-state index contributed by atoms with van der Waals surface area (Å²) < 4.78 is 2.64. The molecule has 1 aromatic carbocycles. The van der Waals surface area contributed by atoms with Crippen LogP contribution in [0.15, 0.2) is 28.1 Å². The number of hydrogen-bond acceptors (Lipinski definition) is 2. The molecule has 2 aromatic rings. The summed E-state index contributed by atoms with van der Waals surface area (Å²) in [6.45, 7) is 3.30. The van der Waals surface area contributed by atoms with Crippen molar-refractivity contribution in [3.8, 4) is 0 Å². The summed E-state index contributed by atoms with van der Waals surface area (Å²) in [6, 6.07) is 7.17. The molecule has 2 bridgehead atoms. The Morgan fingerprint density at radius 1 is 1.33 bits per heavy atom. The molecule has 1 N–H and O–H groups in total. The fourth-order valence-corrected chi connectivity index (χ4v) is 6.36. The molecule has 2 aliphatic rings. The van der Waals surface area contributed by atoms with Crippen molar-refractivity contribution in [1.82, 2.24) is 5.32 Å². The SMILES string of the molecule is CCNC(c1csc2c(Br)cccc12)C1CC2CCC1C2. The van der Waals surface area contributed by atoms with Crippen molar-refractivity contribution in [3.05, 3.63) is 33.6 Å². The first-order valence-electron chi connectivity index (χ1n) is 8.17. The Morgan fingerprint density at radius 2 is 2.24 bits per heavy atom. The molecule has 4 atom stereocenters. The van der Waals surface area contributed by atoms with Crippen LogP contribution < -0.4 is 5.32 Å². The number of benzene rings is 1. The van der Waals surface area contributed by atoms with Gasteiger partial charge in [-0.25, -0.2) is 0 Å². The van der Waals surface area contributed by atoms with Gasteiger partial charge in [0.2, 0.25) is 0 Å². The average molecular weight is 364 g/mol. The fourth-order valence-electron chi connectivity index (χ4n) is 4.70. The molecular formula is C18H22BrNS. The van der Waals surface area contributed by atoms with Crippen LogP contribution in [-0.4, -0.2) is 6.54 Å². The maximum Gasteiger partial charge on any atom is 0.0488 e. The normalized spacial score (nSPS) is 29.3. The van der Waals surface area contributed by atoms with Gasteiger partial charge < -0.3 is 5.32 Å².